The number of amides is 3. The number of fused-ring (bicyclic) bond motifs is 3. The molecule has 2 aliphatic heterocycles. The zero-order valence-corrected chi connectivity index (χ0v) is 18.9. The summed E-state index contributed by atoms with van der Waals surface area (Å²) in [6.45, 7) is 1.84. The minimum atomic E-state index is -0.661. The highest BCUT2D eigenvalue weighted by Gasteiger charge is 2.36. The topological polar surface area (TPSA) is 116 Å². The van der Waals surface area contributed by atoms with Gasteiger partial charge in [0.15, 0.2) is 16.3 Å². The highest BCUT2D eigenvalue weighted by Crippen LogP contribution is 2.37. The summed E-state index contributed by atoms with van der Waals surface area (Å²) in [6.07, 6.45) is 0.0773. The van der Waals surface area contributed by atoms with Gasteiger partial charge >= 0.3 is 5.97 Å². The van der Waals surface area contributed by atoms with E-state index in [0.717, 1.165) is 9.60 Å². The van der Waals surface area contributed by atoms with E-state index in [1.165, 1.54) is 11.3 Å². The van der Waals surface area contributed by atoms with Crippen LogP contribution in [-0.4, -0.2) is 53.1 Å². The fourth-order valence-corrected chi connectivity index (χ4v) is 4.94. The van der Waals surface area contributed by atoms with Gasteiger partial charge in [0.25, 0.3) is 17.7 Å². The van der Waals surface area contributed by atoms with Crippen molar-refractivity contribution in [3.8, 4) is 11.5 Å². The molecule has 0 unspecified atom stereocenters. The first-order valence-corrected chi connectivity index (χ1v) is 11.4. The van der Waals surface area contributed by atoms with E-state index in [0.29, 0.717) is 21.8 Å². The van der Waals surface area contributed by atoms with Crippen LogP contribution in [0.15, 0.2) is 41.4 Å². The highest BCUT2D eigenvalue weighted by molar-refractivity contribution is 7.16. The number of nitrogens with zero attached hydrogens (tertiary/aromatic N) is 3. The molecule has 174 valence electrons. The maximum Gasteiger partial charge on any atom is 0.307 e. The number of aryl methyl sites for hydroxylation is 1. The summed E-state index contributed by atoms with van der Waals surface area (Å²) in [5.41, 5.74) is 1.24. The van der Waals surface area contributed by atoms with Crippen LogP contribution in [-0.2, 0) is 20.9 Å². The van der Waals surface area contributed by atoms with Crippen LogP contribution in [0.1, 0.15) is 34.1 Å². The Morgan fingerprint density at radius 2 is 1.76 bits per heavy atom. The van der Waals surface area contributed by atoms with Crippen LogP contribution < -0.4 is 14.3 Å². The van der Waals surface area contributed by atoms with Crippen molar-refractivity contribution in [3.63, 3.8) is 0 Å². The second-order valence-electron chi connectivity index (χ2n) is 7.51. The molecule has 0 atom stereocenters. The Morgan fingerprint density at radius 3 is 2.44 bits per heavy atom. The number of benzene rings is 2. The van der Waals surface area contributed by atoms with Gasteiger partial charge in [0.1, 0.15) is 6.54 Å². The van der Waals surface area contributed by atoms with Crippen molar-refractivity contribution in [1.82, 2.24) is 9.47 Å². The molecule has 0 bridgehead atoms. The molecule has 3 amide bonds. The van der Waals surface area contributed by atoms with Crippen molar-refractivity contribution in [2.45, 2.75) is 19.9 Å². The van der Waals surface area contributed by atoms with E-state index in [4.69, 9.17) is 14.2 Å². The molecule has 0 saturated carbocycles. The molecule has 0 fully saturated rings. The molecule has 5 rings (SSSR count). The molecular formula is C23H19N3O7S. The molecular weight excluding hydrogens is 462 g/mol. The number of imide groups is 1. The Hall–Kier alpha value is -3.99. The summed E-state index contributed by atoms with van der Waals surface area (Å²) in [5.74, 6) is -0.957. The third-order valence-electron chi connectivity index (χ3n) is 5.41. The first-order chi connectivity index (χ1) is 16.5. The average molecular weight is 481 g/mol. The van der Waals surface area contributed by atoms with E-state index < -0.39 is 24.3 Å². The van der Waals surface area contributed by atoms with Crippen molar-refractivity contribution < 1.29 is 33.4 Å². The number of hydrogen-bond acceptors (Lipinski definition) is 8. The van der Waals surface area contributed by atoms with Crippen molar-refractivity contribution in [2.75, 3.05) is 19.9 Å². The lowest BCUT2D eigenvalue weighted by Gasteiger charge is -2.10. The summed E-state index contributed by atoms with van der Waals surface area (Å²) in [4.78, 5) is 55.3. The second kappa shape index (κ2) is 8.75. The zero-order chi connectivity index (χ0) is 23.8. The van der Waals surface area contributed by atoms with Crippen LogP contribution in [0.2, 0.25) is 0 Å². The number of thiazole rings is 1. The third-order valence-corrected chi connectivity index (χ3v) is 6.46. The molecule has 0 saturated heterocycles. The number of ether oxygens (including phenoxy) is 3. The standard InChI is InChI=1S/C23H19N3O7S/c1-2-31-20(28)7-8-25-15-9-16-17(33-12-32-16)10-18(15)34-23(25)24-19(27)11-26-21(29)13-5-3-4-6-14(13)22(26)30/h3-6,9-10H,2,7-8,11-12H2,1H3. The lowest BCUT2D eigenvalue weighted by molar-refractivity contribution is -0.143. The van der Waals surface area contributed by atoms with Gasteiger partial charge in [-0.1, -0.05) is 23.5 Å². The predicted octanol–water partition coefficient (Wildman–Crippen LogP) is 2.11. The number of aromatic nitrogens is 1. The minimum absolute atomic E-state index is 0.0773. The Balaban J connectivity index is 1.47. The SMILES string of the molecule is CCOC(=O)CCn1c(=NC(=O)CN2C(=O)c3ccccc3C2=O)sc2cc3c(cc21)OCO3. The minimum Gasteiger partial charge on any atom is -0.466 e. The number of hydrogen-bond donors (Lipinski definition) is 0. The average Bonchev–Trinajstić information content (AvgIpc) is 3.48. The van der Waals surface area contributed by atoms with E-state index in [9.17, 15) is 19.2 Å². The van der Waals surface area contributed by atoms with Gasteiger partial charge in [0.2, 0.25) is 6.79 Å². The maximum absolute atomic E-state index is 12.8. The summed E-state index contributed by atoms with van der Waals surface area (Å²) in [5, 5.41) is 0. The predicted molar refractivity (Wildman–Crippen MR) is 120 cm³/mol. The third kappa shape index (κ3) is 3.83. The van der Waals surface area contributed by atoms with Crippen LogP contribution in [0.25, 0.3) is 10.2 Å². The molecule has 0 spiro atoms. The number of esters is 1. The molecule has 3 aromatic rings. The number of rotatable bonds is 6. The van der Waals surface area contributed by atoms with Crippen LogP contribution in [0.5, 0.6) is 11.5 Å². The molecule has 11 heteroatoms. The van der Waals surface area contributed by atoms with Crippen molar-refractivity contribution in [2.24, 2.45) is 4.99 Å². The fourth-order valence-electron chi connectivity index (χ4n) is 3.86. The molecule has 2 aliphatic rings. The summed E-state index contributed by atoms with van der Waals surface area (Å²) in [6, 6.07) is 9.98. The van der Waals surface area contributed by atoms with Gasteiger partial charge in [-0.2, -0.15) is 4.99 Å². The van der Waals surface area contributed by atoms with Gasteiger partial charge in [-0.05, 0) is 19.1 Å². The Morgan fingerprint density at radius 1 is 1.09 bits per heavy atom. The Labute approximate surface area is 197 Å². The molecule has 0 N–H and O–H groups in total. The molecule has 0 radical (unpaired) electrons. The smallest absolute Gasteiger partial charge is 0.307 e. The van der Waals surface area contributed by atoms with E-state index >= 15 is 0 Å². The molecule has 34 heavy (non-hydrogen) atoms. The molecule has 3 heterocycles. The zero-order valence-electron chi connectivity index (χ0n) is 18.1. The van der Waals surface area contributed by atoms with Gasteiger partial charge in [-0.15, -0.1) is 0 Å². The fraction of sp³-hybridized carbons (Fsp3) is 0.261. The lowest BCUT2D eigenvalue weighted by atomic mass is 10.1. The van der Waals surface area contributed by atoms with E-state index in [2.05, 4.69) is 4.99 Å². The van der Waals surface area contributed by atoms with Crippen LogP contribution in [0.4, 0.5) is 0 Å². The van der Waals surface area contributed by atoms with Gasteiger partial charge in [0, 0.05) is 18.7 Å². The van der Waals surface area contributed by atoms with E-state index in [-0.39, 0.29) is 43.5 Å². The molecule has 1 aromatic heterocycles. The maximum atomic E-state index is 12.8. The number of carbonyl (C=O) groups is 4. The summed E-state index contributed by atoms with van der Waals surface area (Å²) < 4.78 is 18.4. The monoisotopic (exact) mass is 481 g/mol. The van der Waals surface area contributed by atoms with Crippen LogP contribution in [0, 0.1) is 0 Å². The largest absolute Gasteiger partial charge is 0.466 e. The van der Waals surface area contributed by atoms with Crippen molar-refractivity contribution in [3.05, 3.63) is 52.3 Å². The van der Waals surface area contributed by atoms with Gasteiger partial charge in [-0.25, -0.2) is 0 Å². The summed E-state index contributed by atoms with van der Waals surface area (Å²) in [7, 11) is 0. The van der Waals surface area contributed by atoms with E-state index in [1.807, 2.05) is 0 Å². The first-order valence-electron chi connectivity index (χ1n) is 10.6. The molecule has 2 aromatic carbocycles. The Bertz CT molecular complexity index is 1390. The first kappa shape index (κ1) is 21.8. The lowest BCUT2D eigenvalue weighted by Crippen LogP contribution is -2.35. The van der Waals surface area contributed by atoms with E-state index in [1.54, 1.807) is 47.9 Å². The molecule has 10 nitrogen and oxygen atoms in total. The highest BCUT2D eigenvalue weighted by atomic mass is 32.1. The van der Waals surface area contributed by atoms with Crippen molar-refractivity contribution in [1.29, 1.82) is 0 Å². The second-order valence-corrected chi connectivity index (χ2v) is 8.52. The van der Waals surface area contributed by atoms with Crippen LogP contribution in [0.3, 0.4) is 0 Å². The van der Waals surface area contributed by atoms with Crippen molar-refractivity contribution >= 4 is 45.2 Å². The summed E-state index contributed by atoms with van der Waals surface area (Å²) >= 11 is 1.23. The molecule has 0 aliphatic carbocycles. The quantitative estimate of drug-likeness (QED) is 0.391. The van der Waals surface area contributed by atoms with Gasteiger partial charge < -0.3 is 18.8 Å². The van der Waals surface area contributed by atoms with Crippen LogP contribution >= 0.6 is 11.3 Å². The Kier molecular flexibility index (Phi) is 5.62. The van der Waals surface area contributed by atoms with Gasteiger partial charge in [-0.3, -0.25) is 24.1 Å². The normalized spacial score (nSPS) is 14.7. The van der Waals surface area contributed by atoms with Gasteiger partial charge in [0.05, 0.1) is 34.4 Å². The number of carbonyl (C=O) groups excluding carboxylic acids is 4.